The third-order valence-electron chi connectivity index (χ3n) is 6.42. The number of nitrogens with zero attached hydrogens (tertiary/aromatic N) is 4. The summed E-state index contributed by atoms with van der Waals surface area (Å²) in [6, 6.07) is 16.5. The van der Waals surface area contributed by atoms with Gasteiger partial charge in [-0.3, -0.25) is 4.98 Å². The Hall–Kier alpha value is -3.49. The Morgan fingerprint density at radius 1 is 1.09 bits per heavy atom. The average Bonchev–Trinajstić information content (AvgIpc) is 3.66. The maximum atomic E-state index is 5.83. The molecule has 1 aliphatic heterocycles. The van der Waals surface area contributed by atoms with Crippen molar-refractivity contribution in [2.75, 3.05) is 36.9 Å². The number of ether oxygens (including phenoxy) is 1. The molecular weight excluding hydrogens is 426 g/mol. The van der Waals surface area contributed by atoms with E-state index in [0.29, 0.717) is 12.5 Å². The van der Waals surface area contributed by atoms with Crippen LogP contribution in [0.5, 0.6) is 0 Å². The molecular formula is C26H29N7O. The van der Waals surface area contributed by atoms with Gasteiger partial charge in [-0.05, 0) is 36.5 Å². The minimum absolute atomic E-state index is 0.147. The first-order chi connectivity index (χ1) is 16.8. The highest BCUT2D eigenvalue weighted by Crippen LogP contribution is 2.42. The molecule has 1 aliphatic carbocycles. The topological polar surface area (TPSA) is 88.4 Å². The van der Waals surface area contributed by atoms with Crippen LogP contribution in [0.3, 0.4) is 0 Å². The van der Waals surface area contributed by atoms with Gasteiger partial charge < -0.3 is 20.7 Å². The zero-order valence-corrected chi connectivity index (χ0v) is 19.1. The molecule has 1 saturated carbocycles. The number of fused-ring (bicyclic) bond motifs is 1. The van der Waals surface area contributed by atoms with Crippen LogP contribution in [0.15, 0.2) is 60.9 Å². The van der Waals surface area contributed by atoms with Gasteiger partial charge in [0.05, 0.1) is 24.6 Å². The van der Waals surface area contributed by atoms with Gasteiger partial charge in [-0.1, -0.05) is 30.3 Å². The van der Waals surface area contributed by atoms with E-state index in [9.17, 15) is 0 Å². The molecule has 1 saturated heterocycles. The Balaban J connectivity index is 1.21. The molecule has 3 aromatic heterocycles. The summed E-state index contributed by atoms with van der Waals surface area (Å²) < 4.78 is 7.76. The van der Waals surface area contributed by atoms with Crippen LogP contribution in [0, 0.1) is 0 Å². The Labute approximate surface area is 198 Å². The van der Waals surface area contributed by atoms with Crippen LogP contribution in [-0.4, -0.2) is 51.9 Å². The molecule has 1 atom stereocenters. The molecule has 1 aromatic carbocycles. The monoisotopic (exact) mass is 455 g/mol. The smallest absolute Gasteiger partial charge is 0.163 e. The minimum atomic E-state index is 0.147. The van der Waals surface area contributed by atoms with Crippen LogP contribution < -0.4 is 16.0 Å². The van der Waals surface area contributed by atoms with E-state index in [2.05, 4.69) is 50.3 Å². The highest BCUT2D eigenvalue weighted by Gasteiger charge is 2.28. The molecule has 6 rings (SSSR count). The van der Waals surface area contributed by atoms with Crippen molar-refractivity contribution in [2.24, 2.45) is 0 Å². The minimum Gasteiger partial charge on any atom is -0.374 e. The van der Waals surface area contributed by atoms with Crippen LogP contribution >= 0.6 is 0 Å². The summed E-state index contributed by atoms with van der Waals surface area (Å²) in [7, 11) is 0. The van der Waals surface area contributed by atoms with Crippen molar-refractivity contribution in [1.82, 2.24) is 24.9 Å². The highest BCUT2D eigenvalue weighted by molar-refractivity contribution is 5.62. The van der Waals surface area contributed by atoms with Gasteiger partial charge in [-0.2, -0.15) is 9.61 Å². The van der Waals surface area contributed by atoms with Gasteiger partial charge in [-0.15, -0.1) is 0 Å². The summed E-state index contributed by atoms with van der Waals surface area (Å²) in [5.41, 5.74) is 5.46. The number of morpholine rings is 1. The predicted octanol–water partition coefficient (Wildman–Crippen LogP) is 3.68. The maximum Gasteiger partial charge on any atom is 0.163 e. The van der Waals surface area contributed by atoms with Gasteiger partial charge in [0, 0.05) is 49.6 Å². The van der Waals surface area contributed by atoms with Crippen molar-refractivity contribution < 1.29 is 4.74 Å². The fourth-order valence-corrected chi connectivity index (χ4v) is 4.37. The third kappa shape index (κ3) is 4.60. The zero-order chi connectivity index (χ0) is 22.7. The predicted molar refractivity (Wildman–Crippen MR) is 133 cm³/mol. The standard InChI is InChI=1S/C26H29N7O/c1-2-10-28-23(3-1)20-6-4-18(5-7-20)14-30-25-13-24(29-16-21-15-27-11-12-34-21)32-26-22(19-8-9-19)17-31-33(25)26/h1-7,10,13,17,19,21,27,30H,8-9,11-12,14-16H2,(H,29,32). The second-order valence-corrected chi connectivity index (χ2v) is 8.98. The number of rotatable bonds is 8. The molecule has 174 valence electrons. The van der Waals surface area contributed by atoms with Crippen molar-refractivity contribution in [1.29, 1.82) is 0 Å². The summed E-state index contributed by atoms with van der Waals surface area (Å²) in [4.78, 5) is 9.34. The van der Waals surface area contributed by atoms with E-state index in [1.165, 1.54) is 24.0 Å². The van der Waals surface area contributed by atoms with Gasteiger partial charge in [0.25, 0.3) is 0 Å². The van der Waals surface area contributed by atoms with Crippen molar-refractivity contribution in [2.45, 2.75) is 31.4 Å². The molecule has 8 heteroatoms. The van der Waals surface area contributed by atoms with Crippen molar-refractivity contribution in [3.63, 3.8) is 0 Å². The molecule has 8 nitrogen and oxygen atoms in total. The first-order valence-electron chi connectivity index (χ1n) is 12.0. The molecule has 0 radical (unpaired) electrons. The Morgan fingerprint density at radius 2 is 2.00 bits per heavy atom. The lowest BCUT2D eigenvalue weighted by atomic mass is 10.1. The molecule has 0 bridgehead atoms. The lowest BCUT2D eigenvalue weighted by Crippen LogP contribution is -2.42. The van der Waals surface area contributed by atoms with Crippen LogP contribution in [0.4, 0.5) is 11.6 Å². The lowest BCUT2D eigenvalue weighted by molar-refractivity contribution is 0.0372. The normalized spacial score (nSPS) is 18.2. The van der Waals surface area contributed by atoms with E-state index in [1.54, 1.807) is 0 Å². The van der Waals surface area contributed by atoms with Crippen LogP contribution in [0.2, 0.25) is 0 Å². The van der Waals surface area contributed by atoms with Gasteiger partial charge in [0.2, 0.25) is 0 Å². The number of aromatic nitrogens is 4. The average molecular weight is 456 g/mol. The molecule has 2 fully saturated rings. The summed E-state index contributed by atoms with van der Waals surface area (Å²) in [5.74, 6) is 2.35. The number of hydrogen-bond acceptors (Lipinski definition) is 7. The molecule has 3 N–H and O–H groups in total. The van der Waals surface area contributed by atoms with Crippen LogP contribution in [0.1, 0.15) is 29.9 Å². The molecule has 4 aromatic rings. The van der Waals surface area contributed by atoms with E-state index in [-0.39, 0.29) is 6.10 Å². The molecule has 34 heavy (non-hydrogen) atoms. The fraction of sp³-hybridized carbons (Fsp3) is 0.346. The first kappa shape index (κ1) is 21.1. The van der Waals surface area contributed by atoms with Gasteiger partial charge in [0.1, 0.15) is 11.6 Å². The SMILES string of the molecule is c1ccc(-c2ccc(CNc3cc(NCC4CNCCO4)nc4c(C5CC5)cnn34)cc2)nc1. The van der Waals surface area contributed by atoms with Crippen molar-refractivity contribution >= 4 is 17.3 Å². The van der Waals surface area contributed by atoms with Crippen LogP contribution in [-0.2, 0) is 11.3 Å². The van der Waals surface area contributed by atoms with Gasteiger partial charge >= 0.3 is 0 Å². The largest absolute Gasteiger partial charge is 0.374 e. The Morgan fingerprint density at radius 3 is 2.76 bits per heavy atom. The molecule has 2 aliphatic rings. The zero-order valence-electron chi connectivity index (χ0n) is 19.1. The number of benzene rings is 1. The maximum absolute atomic E-state index is 5.83. The second-order valence-electron chi connectivity index (χ2n) is 8.98. The number of pyridine rings is 1. The molecule has 4 heterocycles. The van der Waals surface area contributed by atoms with E-state index >= 15 is 0 Å². The summed E-state index contributed by atoms with van der Waals surface area (Å²) in [5, 5.41) is 15.1. The number of nitrogens with one attached hydrogen (secondary N) is 3. The molecule has 0 spiro atoms. The Kier molecular flexibility index (Phi) is 5.83. The van der Waals surface area contributed by atoms with Crippen molar-refractivity contribution in [3.05, 3.63) is 72.1 Å². The van der Waals surface area contributed by atoms with Gasteiger partial charge in [-0.25, -0.2) is 4.98 Å². The summed E-state index contributed by atoms with van der Waals surface area (Å²) in [6.45, 7) is 3.93. The van der Waals surface area contributed by atoms with Crippen LogP contribution in [0.25, 0.3) is 16.9 Å². The fourth-order valence-electron chi connectivity index (χ4n) is 4.37. The van der Waals surface area contributed by atoms with E-state index in [1.807, 2.05) is 41.2 Å². The summed E-state index contributed by atoms with van der Waals surface area (Å²) >= 11 is 0. The molecule has 0 amide bonds. The number of hydrogen-bond donors (Lipinski definition) is 3. The summed E-state index contributed by atoms with van der Waals surface area (Å²) in [6.07, 6.45) is 6.38. The van der Waals surface area contributed by atoms with Gasteiger partial charge in [0.15, 0.2) is 5.65 Å². The second kappa shape index (κ2) is 9.40. The third-order valence-corrected chi connectivity index (χ3v) is 6.42. The lowest BCUT2D eigenvalue weighted by Gasteiger charge is -2.24. The highest BCUT2D eigenvalue weighted by atomic mass is 16.5. The first-order valence-corrected chi connectivity index (χ1v) is 12.0. The molecule has 1 unspecified atom stereocenters. The van der Waals surface area contributed by atoms with Crippen molar-refractivity contribution in [3.8, 4) is 11.3 Å². The van der Waals surface area contributed by atoms with E-state index in [0.717, 1.165) is 54.8 Å². The Bertz CT molecular complexity index is 1250. The van der Waals surface area contributed by atoms with E-state index in [4.69, 9.17) is 9.72 Å². The number of anilines is 2. The van der Waals surface area contributed by atoms with E-state index < -0.39 is 0 Å². The quantitative estimate of drug-likeness (QED) is 0.373.